The van der Waals surface area contributed by atoms with E-state index in [9.17, 15) is 4.79 Å². The molecule has 0 radical (unpaired) electrons. The van der Waals surface area contributed by atoms with Crippen molar-refractivity contribution in [1.29, 1.82) is 0 Å². The molecule has 1 atom stereocenters. The van der Waals surface area contributed by atoms with Crippen LogP contribution < -0.4 is 5.32 Å². The van der Waals surface area contributed by atoms with Crippen LogP contribution in [0, 0.1) is 6.92 Å². The molecule has 24 heavy (non-hydrogen) atoms. The Bertz CT molecular complexity index is 689. The zero-order valence-corrected chi connectivity index (χ0v) is 14.2. The van der Waals surface area contributed by atoms with E-state index in [1.807, 2.05) is 20.0 Å². The van der Waals surface area contributed by atoms with Crippen LogP contribution in [0.1, 0.15) is 43.1 Å². The predicted octanol–water partition coefficient (Wildman–Crippen LogP) is 1.71. The van der Waals surface area contributed by atoms with Crippen molar-refractivity contribution in [2.75, 3.05) is 6.61 Å². The van der Waals surface area contributed by atoms with E-state index >= 15 is 0 Å². The third kappa shape index (κ3) is 3.97. The first-order chi connectivity index (χ1) is 11.5. The molecule has 1 amide bonds. The highest BCUT2D eigenvalue weighted by molar-refractivity contribution is 5.75. The molecule has 1 saturated heterocycles. The molecular weight excluding hydrogens is 306 g/mol. The molecule has 7 nitrogen and oxygen atoms in total. The number of aromatic nitrogens is 4. The van der Waals surface area contributed by atoms with Crippen LogP contribution in [0.5, 0.6) is 0 Å². The fraction of sp³-hybridized carbons (Fsp3) is 0.529. The van der Waals surface area contributed by atoms with Crippen LogP contribution in [-0.4, -0.2) is 32.3 Å². The normalized spacial score (nSPS) is 20.8. The SMILES string of the molecule is Cc1cnn(CC(=O)NCc2cnc([C@]3(C)CCCCO3)nc2)c1. The zero-order chi connectivity index (χ0) is 17.0. The average Bonchev–Trinajstić information content (AvgIpc) is 2.99. The maximum atomic E-state index is 11.9. The van der Waals surface area contributed by atoms with E-state index in [0.717, 1.165) is 37.0 Å². The summed E-state index contributed by atoms with van der Waals surface area (Å²) in [5, 5.41) is 6.95. The first kappa shape index (κ1) is 16.6. The van der Waals surface area contributed by atoms with Crippen LogP contribution in [0.3, 0.4) is 0 Å². The molecule has 0 spiro atoms. The summed E-state index contributed by atoms with van der Waals surface area (Å²) in [5.41, 5.74) is 1.51. The number of carbonyl (C=O) groups excluding carboxylic acids is 1. The van der Waals surface area contributed by atoms with Crippen LogP contribution in [0.25, 0.3) is 0 Å². The molecule has 0 saturated carbocycles. The number of aryl methyl sites for hydroxylation is 1. The Labute approximate surface area is 141 Å². The first-order valence-corrected chi connectivity index (χ1v) is 8.26. The Balaban J connectivity index is 1.53. The molecule has 1 aliphatic rings. The highest BCUT2D eigenvalue weighted by atomic mass is 16.5. The van der Waals surface area contributed by atoms with Gasteiger partial charge in [-0.2, -0.15) is 5.10 Å². The molecule has 3 heterocycles. The third-order valence-electron chi connectivity index (χ3n) is 4.20. The minimum Gasteiger partial charge on any atom is -0.367 e. The Morgan fingerprint density at radius 2 is 2.12 bits per heavy atom. The molecule has 0 aromatic carbocycles. The summed E-state index contributed by atoms with van der Waals surface area (Å²) in [6.45, 7) is 5.34. The molecule has 0 aliphatic carbocycles. The Kier molecular flexibility index (Phi) is 4.89. The van der Waals surface area contributed by atoms with E-state index in [4.69, 9.17) is 4.74 Å². The van der Waals surface area contributed by atoms with Gasteiger partial charge in [-0.15, -0.1) is 0 Å². The van der Waals surface area contributed by atoms with Gasteiger partial charge in [-0.1, -0.05) is 0 Å². The number of nitrogens with zero attached hydrogens (tertiary/aromatic N) is 4. The van der Waals surface area contributed by atoms with Crippen molar-refractivity contribution in [1.82, 2.24) is 25.1 Å². The van der Waals surface area contributed by atoms with Gasteiger partial charge in [0, 0.05) is 37.3 Å². The molecule has 128 valence electrons. The van der Waals surface area contributed by atoms with E-state index < -0.39 is 5.60 Å². The number of hydrogen-bond donors (Lipinski definition) is 1. The molecular formula is C17H23N5O2. The molecule has 2 aromatic rings. The van der Waals surface area contributed by atoms with Crippen molar-refractivity contribution in [2.24, 2.45) is 0 Å². The van der Waals surface area contributed by atoms with Crippen molar-refractivity contribution in [3.05, 3.63) is 41.7 Å². The summed E-state index contributed by atoms with van der Waals surface area (Å²) >= 11 is 0. The van der Waals surface area contributed by atoms with Crippen LogP contribution in [0.4, 0.5) is 0 Å². The fourth-order valence-corrected chi connectivity index (χ4v) is 2.79. The van der Waals surface area contributed by atoms with Crippen molar-refractivity contribution in [3.63, 3.8) is 0 Å². The summed E-state index contributed by atoms with van der Waals surface area (Å²) in [5.74, 6) is 0.619. The van der Waals surface area contributed by atoms with Gasteiger partial charge in [-0.05, 0) is 38.7 Å². The molecule has 3 rings (SSSR count). The van der Waals surface area contributed by atoms with Gasteiger partial charge in [0.2, 0.25) is 5.91 Å². The largest absolute Gasteiger partial charge is 0.367 e. The van der Waals surface area contributed by atoms with Gasteiger partial charge in [0.05, 0.1) is 6.20 Å². The third-order valence-corrected chi connectivity index (χ3v) is 4.20. The minimum atomic E-state index is -0.391. The minimum absolute atomic E-state index is 0.0928. The Morgan fingerprint density at radius 3 is 2.75 bits per heavy atom. The van der Waals surface area contributed by atoms with Gasteiger partial charge in [0.1, 0.15) is 12.1 Å². The number of nitrogens with one attached hydrogen (secondary N) is 1. The van der Waals surface area contributed by atoms with Crippen LogP contribution in [0.15, 0.2) is 24.8 Å². The number of rotatable bonds is 5. The maximum Gasteiger partial charge on any atom is 0.241 e. The van der Waals surface area contributed by atoms with E-state index in [-0.39, 0.29) is 12.5 Å². The molecule has 0 bridgehead atoms. The second-order valence-electron chi connectivity index (χ2n) is 6.44. The molecule has 7 heteroatoms. The fourth-order valence-electron chi connectivity index (χ4n) is 2.79. The smallest absolute Gasteiger partial charge is 0.241 e. The van der Waals surface area contributed by atoms with E-state index in [1.165, 1.54) is 0 Å². The molecule has 2 aromatic heterocycles. The average molecular weight is 329 g/mol. The topological polar surface area (TPSA) is 81.9 Å². The quantitative estimate of drug-likeness (QED) is 0.903. The van der Waals surface area contributed by atoms with Crippen molar-refractivity contribution in [2.45, 2.75) is 51.8 Å². The summed E-state index contributed by atoms with van der Waals surface area (Å²) in [7, 11) is 0. The molecule has 1 N–H and O–H groups in total. The first-order valence-electron chi connectivity index (χ1n) is 8.26. The van der Waals surface area contributed by atoms with Gasteiger partial charge in [-0.25, -0.2) is 9.97 Å². The standard InChI is InChI=1S/C17H23N5O2/c1-13-7-21-22(11-13)12-15(23)18-8-14-9-19-16(20-10-14)17(2)5-3-4-6-24-17/h7,9-11H,3-6,8,12H2,1-2H3,(H,18,23)/t17-/m0/s1. The van der Waals surface area contributed by atoms with Crippen LogP contribution in [0.2, 0.25) is 0 Å². The van der Waals surface area contributed by atoms with Crippen LogP contribution in [-0.2, 0) is 28.2 Å². The van der Waals surface area contributed by atoms with E-state index in [0.29, 0.717) is 12.4 Å². The van der Waals surface area contributed by atoms with Gasteiger partial charge in [-0.3, -0.25) is 9.48 Å². The highest BCUT2D eigenvalue weighted by Gasteiger charge is 2.32. The molecule has 1 aliphatic heterocycles. The van der Waals surface area contributed by atoms with Gasteiger partial charge >= 0.3 is 0 Å². The summed E-state index contributed by atoms with van der Waals surface area (Å²) in [4.78, 5) is 20.8. The van der Waals surface area contributed by atoms with Gasteiger partial charge in [0.15, 0.2) is 5.82 Å². The van der Waals surface area contributed by atoms with E-state index in [1.54, 1.807) is 23.3 Å². The summed E-state index contributed by atoms with van der Waals surface area (Å²) in [6, 6.07) is 0. The van der Waals surface area contributed by atoms with Gasteiger partial charge < -0.3 is 10.1 Å². The van der Waals surface area contributed by atoms with Crippen molar-refractivity contribution in [3.8, 4) is 0 Å². The summed E-state index contributed by atoms with van der Waals surface area (Å²) in [6.07, 6.45) is 10.2. The lowest BCUT2D eigenvalue weighted by Gasteiger charge is -2.32. The van der Waals surface area contributed by atoms with E-state index in [2.05, 4.69) is 20.4 Å². The molecule has 0 unspecified atom stereocenters. The zero-order valence-electron chi connectivity index (χ0n) is 14.2. The predicted molar refractivity (Wildman–Crippen MR) is 88.0 cm³/mol. The maximum absolute atomic E-state index is 11.9. The Hall–Kier alpha value is -2.28. The lowest BCUT2D eigenvalue weighted by molar-refractivity contribution is -0.122. The molecule has 1 fully saturated rings. The van der Waals surface area contributed by atoms with Crippen molar-refractivity contribution >= 4 is 5.91 Å². The Morgan fingerprint density at radius 1 is 1.33 bits per heavy atom. The van der Waals surface area contributed by atoms with Crippen molar-refractivity contribution < 1.29 is 9.53 Å². The van der Waals surface area contributed by atoms with Gasteiger partial charge in [0.25, 0.3) is 0 Å². The monoisotopic (exact) mass is 329 g/mol. The summed E-state index contributed by atoms with van der Waals surface area (Å²) < 4.78 is 7.47. The lowest BCUT2D eigenvalue weighted by Crippen LogP contribution is -2.32. The number of hydrogen-bond acceptors (Lipinski definition) is 5. The number of carbonyl (C=O) groups is 1. The number of amides is 1. The second-order valence-corrected chi connectivity index (χ2v) is 6.44. The second kappa shape index (κ2) is 7.09. The number of ether oxygens (including phenoxy) is 1. The lowest BCUT2D eigenvalue weighted by atomic mass is 9.95. The van der Waals surface area contributed by atoms with Crippen LogP contribution >= 0.6 is 0 Å². The highest BCUT2D eigenvalue weighted by Crippen LogP contribution is 2.32.